The van der Waals surface area contributed by atoms with Gasteiger partial charge in [0, 0.05) is 16.8 Å². The Hall–Kier alpha value is -1.58. The predicted octanol–water partition coefficient (Wildman–Crippen LogP) is 3.68. The van der Waals surface area contributed by atoms with Gasteiger partial charge in [-0.25, -0.2) is 0 Å². The number of aromatic nitrogens is 1. The van der Waals surface area contributed by atoms with Crippen molar-refractivity contribution in [3.63, 3.8) is 0 Å². The maximum absolute atomic E-state index is 10.6. The number of hydrogen-bond acceptors (Lipinski definition) is 2. The van der Waals surface area contributed by atoms with Crippen molar-refractivity contribution in [1.82, 2.24) is 4.98 Å². The van der Waals surface area contributed by atoms with Gasteiger partial charge in [0.1, 0.15) is 0 Å². The fraction of sp³-hybridized carbons (Fsp3) is 0.0769. The smallest absolute Gasteiger partial charge is 0.307 e. The summed E-state index contributed by atoms with van der Waals surface area (Å²) in [6.07, 6.45) is 1.50. The Morgan fingerprint density at radius 1 is 1.22 bits per heavy atom. The molecule has 92 valence electrons. The van der Waals surface area contributed by atoms with E-state index in [1.54, 1.807) is 30.3 Å². The van der Waals surface area contributed by atoms with E-state index in [4.69, 9.17) is 28.3 Å². The Kier molecular flexibility index (Phi) is 3.84. The molecule has 1 aromatic carbocycles. The highest BCUT2D eigenvalue weighted by Gasteiger charge is 2.06. The lowest BCUT2D eigenvalue weighted by atomic mass is 10.1. The molecular weight excluding hydrogens is 273 g/mol. The van der Waals surface area contributed by atoms with Crippen molar-refractivity contribution in [2.24, 2.45) is 0 Å². The Bertz CT molecular complexity index is 582. The third kappa shape index (κ3) is 3.00. The SMILES string of the molecule is O=C(O)Cc1ccc(-c2ccc(Cl)cc2Cl)nc1. The van der Waals surface area contributed by atoms with Gasteiger partial charge in [-0.05, 0) is 29.8 Å². The van der Waals surface area contributed by atoms with E-state index in [1.165, 1.54) is 6.20 Å². The van der Waals surface area contributed by atoms with Crippen LogP contribution in [0.3, 0.4) is 0 Å². The molecule has 5 heteroatoms. The third-order valence-corrected chi connectivity index (χ3v) is 2.93. The third-order valence-electron chi connectivity index (χ3n) is 2.39. The molecule has 0 radical (unpaired) electrons. The van der Waals surface area contributed by atoms with E-state index in [1.807, 2.05) is 0 Å². The zero-order valence-electron chi connectivity index (χ0n) is 9.23. The Balaban J connectivity index is 2.31. The molecule has 0 amide bonds. The van der Waals surface area contributed by atoms with Gasteiger partial charge in [0.2, 0.25) is 0 Å². The minimum atomic E-state index is -0.880. The summed E-state index contributed by atoms with van der Waals surface area (Å²) in [5.74, 6) is -0.880. The van der Waals surface area contributed by atoms with Gasteiger partial charge in [-0.15, -0.1) is 0 Å². The summed E-state index contributed by atoms with van der Waals surface area (Å²) in [5, 5.41) is 9.74. The molecule has 2 aromatic rings. The summed E-state index contributed by atoms with van der Waals surface area (Å²) in [5.41, 5.74) is 2.10. The minimum absolute atomic E-state index is 0.0400. The molecule has 0 saturated heterocycles. The summed E-state index contributed by atoms with van der Waals surface area (Å²) in [7, 11) is 0. The van der Waals surface area contributed by atoms with Crippen molar-refractivity contribution in [3.8, 4) is 11.3 Å². The number of rotatable bonds is 3. The topological polar surface area (TPSA) is 50.2 Å². The van der Waals surface area contributed by atoms with Crippen LogP contribution < -0.4 is 0 Å². The van der Waals surface area contributed by atoms with Gasteiger partial charge in [0.15, 0.2) is 0 Å². The monoisotopic (exact) mass is 281 g/mol. The van der Waals surface area contributed by atoms with Crippen molar-refractivity contribution in [1.29, 1.82) is 0 Å². The number of aliphatic carboxylic acids is 1. The summed E-state index contributed by atoms with van der Waals surface area (Å²) < 4.78 is 0. The molecule has 0 saturated carbocycles. The molecule has 1 aromatic heterocycles. The van der Waals surface area contributed by atoms with E-state index in [2.05, 4.69) is 4.98 Å². The fourth-order valence-electron chi connectivity index (χ4n) is 1.56. The summed E-state index contributed by atoms with van der Waals surface area (Å²) in [6, 6.07) is 8.62. The number of halogens is 2. The van der Waals surface area contributed by atoms with E-state index in [-0.39, 0.29) is 6.42 Å². The van der Waals surface area contributed by atoms with Crippen LogP contribution in [0.2, 0.25) is 10.0 Å². The molecule has 0 bridgehead atoms. The molecule has 0 unspecified atom stereocenters. The van der Waals surface area contributed by atoms with Crippen molar-refractivity contribution in [3.05, 3.63) is 52.1 Å². The number of nitrogens with zero attached hydrogens (tertiary/aromatic N) is 1. The second-order valence-electron chi connectivity index (χ2n) is 3.75. The summed E-state index contributed by atoms with van der Waals surface area (Å²) >= 11 is 11.9. The predicted molar refractivity (Wildman–Crippen MR) is 71.0 cm³/mol. The van der Waals surface area contributed by atoms with Gasteiger partial charge in [-0.3, -0.25) is 9.78 Å². The van der Waals surface area contributed by atoms with Crippen LogP contribution in [-0.4, -0.2) is 16.1 Å². The zero-order valence-corrected chi connectivity index (χ0v) is 10.7. The van der Waals surface area contributed by atoms with Crippen molar-refractivity contribution in [2.75, 3.05) is 0 Å². The molecule has 18 heavy (non-hydrogen) atoms. The molecular formula is C13H9Cl2NO2. The number of carbonyl (C=O) groups is 1. The molecule has 0 aliphatic carbocycles. The standard InChI is InChI=1S/C13H9Cl2NO2/c14-9-2-3-10(11(15)6-9)12-4-1-8(7-16-12)5-13(17)18/h1-4,6-7H,5H2,(H,17,18). The number of benzene rings is 1. The van der Waals surface area contributed by atoms with E-state index in [0.29, 0.717) is 21.3 Å². The average molecular weight is 282 g/mol. The minimum Gasteiger partial charge on any atom is -0.481 e. The first-order valence-corrected chi connectivity index (χ1v) is 5.94. The largest absolute Gasteiger partial charge is 0.481 e. The lowest BCUT2D eigenvalue weighted by Crippen LogP contribution is -2.00. The van der Waals surface area contributed by atoms with E-state index >= 15 is 0 Å². The molecule has 0 aliphatic rings. The quantitative estimate of drug-likeness (QED) is 0.934. The van der Waals surface area contributed by atoms with E-state index in [9.17, 15) is 4.79 Å². The van der Waals surface area contributed by atoms with Crippen molar-refractivity contribution in [2.45, 2.75) is 6.42 Å². The summed E-state index contributed by atoms with van der Waals surface area (Å²) in [4.78, 5) is 14.8. The molecule has 0 fully saturated rings. The van der Waals surface area contributed by atoms with Gasteiger partial charge < -0.3 is 5.11 Å². The second kappa shape index (κ2) is 5.38. The molecule has 1 N–H and O–H groups in total. The van der Waals surface area contributed by atoms with Gasteiger partial charge in [0.05, 0.1) is 17.1 Å². The first-order valence-electron chi connectivity index (χ1n) is 5.18. The first-order chi connectivity index (χ1) is 8.56. The van der Waals surface area contributed by atoms with Gasteiger partial charge in [-0.2, -0.15) is 0 Å². The van der Waals surface area contributed by atoms with Crippen LogP contribution in [0.5, 0.6) is 0 Å². The van der Waals surface area contributed by atoms with Gasteiger partial charge in [-0.1, -0.05) is 29.3 Å². The molecule has 2 rings (SSSR count). The van der Waals surface area contributed by atoms with Crippen molar-refractivity contribution < 1.29 is 9.90 Å². The lowest BCUT2D eigenvalue weighted by Gasteiger charge is -2.05. The molecule has 0 aliphatic heterocycles. The maximum Gasteiger partial charge on any atom is 0.307 e. The molecule has 1 heterocycles. The van der Waals surface area contributed by atoms with Crippen molar-refractivity contribution >= 4 is 29.2 Å². The van der Waals surface area contributed by atoms with Crippen LogP contribution in [-0.2, 0) is 11.2 Å². The Morgan fingerprint density at radius 3 is 2.56 bits per heavy atom. The van der Waals surface area contributed by atoms with E-state index < -0.39 is 5.97 Å². The zero-order chi connectivity index (χ0) is 13.1. The normalized spacial score (nSPS) is 10.3. The van der Waals surface area contributed by atoms with E-state index in [0.717, 1.165) is 5.56 Å². The molecule has 3 nitrogen and oxygen atoms in total. The van der Waals surface area contributed by atoms with Crippen LogP contribution in [0.15, 0.2) is 36.5 Å². The highest BCUT2D eigenvalue weighted by molar-refractivity contribution is 6.36. The highest BCUT2D eigenvalue weighted by Crippen LogP contribution is 2.28. The van der Waals surface area contributed by atoms with Crippen LogP contribution in [0, 0.1) is 0 Å². The molecule has 0 spiro atoms. The maximum atomic E-state index is 10.6. The molecule has 0 atom stereocenters. The summed E-state index contributed by atoms with van der Waals surface area (Å²) in [6.45, 7) is 0. The first kappa shape index (κ1) is 12.9. The fourth-order valence-corrected chi connectivity index (χ4v) is 2.07. The lowest BCUT2D eigenvalue weighted by molar-refractivity contribution is -0.136. The average Bonchev–Trinajstić information content (AvgIpc) is 2.30. The van der Waals surface area contributed by atoms with Crippen LogP contribution in [0.25, 0.3) is 11.3 Å². The number of pyridine rings is 1. The van der Waals surface area contributed by atoms with Crippen LogP contribution in [0.4, 0.5) is 0 Å². The van der Waals surface area contributed by atoms with Gasteiger partial charge >= 0.3 is 5.97 Å². The van der Waals surface area contributed by atoms with Gasteiger partial charge in [0.25, 0.3) is 0 Å². The second-order valence-corrected chi connectivity index (χ2v) is 4.59. The highest BCUT2D eigenvalue weighted by atomic mass is 35.5. The Morgan fingerprint density at radius 2 is 2.00 bits per heavy atom. The number of carboxylic acids is 1. The number of carboxylic acid groups (broad SMARTS) is 1. The van der Waals surface area contributed by atoms with Crippen LogP contribution >= 0.6 is 23.2 Å². The van der Waals surface area contributed by atoms with Crippen LogP contribution in [0.1, 0.15) is 5.56 Å². The number of hydrogen-bond donors (Lipinski definition) is 1. The Labute approximate surface area is 114 Å².